The molecule has 6 nitrogen and oxygen atoms in total. The van der Waals surface area contributed by atoms with E-state index in [1.165, 1.54) is 36.2 Å². The van der Waals surface area contributed by atoms with Crippen LogP contribution in [0.1, 0.15) is 38.3 Å². The SMILES string of the molecule is CCn1ncc(S(=O)(=O)N(C)CCN(C)C2CCCC2)c1C. The van der Waals surface area contributed by atoms with Crippen LogP contribution >= 0.6 is 0 Å². The second kappa shape index (κ2) is 7.10. The van der Waals surface area contributed by atoms with Crippen molar-refractivity contribution in [2.75, 3.05) is 27.2 Å². The highest BCUT2D eigenvalue weighted by Crippen LogP contribution is 2.23. The van der Waals surface area contributed by atoms with Gasteiger partial charge in [0.15, 0.2) is 0 Å². The average Bonchev–Trinajstić information content (AvgIpc) is 3.13. The molecular weight excluding hydrogens is 300 g/mol. The molecule has 1 aromatic rings. The largest absolute Gasteiger partial charge is 0.302 e. The average molecular weight is 328 g/mol. The Morgan fingerprint density at radius 3 is 2.45 bits per heavy atom. The van der Waals surface area contributed by atoms with Crippen LogP contribution in [-0.4, -0.2) is 60.6 Å². The third-order valence-corrected chi connectivity index (χ3v) is 6.72. The Morgan fingerprint density at radius 2 is 1.91 bits per heavy atom. The Kier molecular flexibility index (Phi) is 5.63. The standard InChI is InChI=1S/C15H28N4O2S/c1-5-19-13(2)15(12-16-19)22(20,21)18(4)11-10-17(3)14-8-6-7-9-14/h12,14H,5-11H2,1-4H3. The third kappa shape index (κ3) is 3.52. The van der Waals surface area contributed by atoms with Crippen molar-refractivity contribution >= 4 is 10.0 Å². The molecule has 0 N–H and O–H groups in total. The lowest BCUT2D eigenvalue weighted by Gasteiger charge is -2.26. The molecule has 2 rings (SSSR count). The molecular formula is C15H28N4O2S. The predicted molar refractivity (Wildman–Crippen MR) is 87.3 cm³/mol. The molecule has 126 valence electrons. The van der Waals surface area contributed by atoms with Gasteiger partial charge in [0.25, 0.3) is 0 Å². The molecule has 0 bridgehead atoms. The van der Waals surface area contributed by atoms with Crippen molar-refractivity contribution in [1.29, 1.82) is 0 Å². The van der Waals surface area contributed by atoms with E-state index in [2.05, 4.69) is 17.0 Å². The van der Waals surface area contributed by atoms with E-state index >= 15 is 0 Å². The van der Waals surface area contributed by atoms with Gasteiger partial charge in [0.05, 0.1) is 11.9 Å². The van der Waals surface area contributed by atoms with Crippen molar-refractivity contribution in [2.24, 2.45) is 0 Å². The fourth-order valence-corrected chi connectivity index (χ4v) is 4.43. The number of aryl methyl sites for hydroxylation is 1. The van der Waals surface area contributed by atoms with Crippen LogP contribution in [0, 0.1) is 6.92 Å². The van der Waals surface area contributed by atoms with E-state index in [0.717, 1.165) is 6.54 Å². The lowest BCUT2D eigenvalue weighted by molar-refractivity contribution is 0.233. The van der Waals surface area contributed by atoms with Gasteiger partial charge >= 0.3 is 0 Å². The fraction of sp³-hybridized carbons (Fsp3) is 0.800. The zero-order valence-corrected chi connectivity index (χ0v) is 14.9. The Morgan fingerprint density at radius 1 is 1.27 bits per heavy atom. The van der Waals surface area contributed by atoms with E-state index in [4.69, 9.17) is 0 Å². The zero-order valence-electron chi connectivity index (χ0n) is 14.1. The number of likely N-dealkylation sites (N-methyl/N-ethyl adjacent to an activating group) is 2. The lowest BCUT2D eigenvalue weighted by atomic mass is 10.2. The molecule has 0 atom stereocenters. The summed E-state index contributed by atoms with van der Waals surface area (Å²) >= 11 is 0. The Hall–Kier alpha value is -0.920. The summed E-state index contributed by atoms with van der Waals surface area (Å²) in [5, 5.41) is 4.14. The van der Waals surface area contributed by atoms with Gasteiger partial charge in [0.2, 0.25) is 10.0 Å². The first-order valence-electron chi connectivity index (χ1n) is 8.07. The minimum atomic E-state index is -3.45. The first-order valence-corrected chi connectivity index (χ1v) is 9.51. The van der Waals surface area contributed by atoms with Crippen molar-refractivity contribution in [3.63, 3.8) is 0 Å². The molecule has 1 heterocycles. The van der Waals surface area contributed by atoms with Gasteiger partial charge < -0.3 is 4.90 Å². The van der Waals surface area contributed by atoms with Crippen molar-refractivity contribution < 1.29 is 8.42 Å². The van der Waals surface area contributed by atoms with Crippen LogP contribution in [0.3, 0.4) is 0 Å². The number of aromatic nitrogens is 2. The molecule has 0 aromatic carbocycles. The summed E-state index contributed by atoms with van der Waals surface area (Å²) in [7, 11) is 0.293. The molecule has 0 spiro atoms. The topological polar surface area (TPSA) is 58.4 Å². The van der Waals surface area contributed by atoms with Crippen LogP contribution in [-0.2, 0) is 16.6 Å². The number of hydrogen-bond acceptors (Lipinski definition) is 4. The molecule has 1 aliphatic rings. The summed E-state index contributed by atoms with van der Waals surface area (Å²) in [6.07, 6.45) is 6.51. The zero-order chi connectivity index (χ0) is 16.3. The van der Waals surface area contributed by atoms with E-state index in [-0.39, 0.29) is 0 Å². The van der Waals surface area contributed by atoms with Crippen LogP contribution in [0.15, 0.2) is 11.1 Å². The molecule has 0 amide bonds. The summed E-state index contributed by atoms with van der Waals surface area (Å²) in [4.78, 5) is 2.61. The van der Waals surface area contributed by atoms with Gasteiger partial charge in [-0.3, -0.25) is 4.68 Å². The maximum Gasteiger partial charge on any atom is 0.246 e. The molecule has 0 saturated heterocycles. The molecule has 1 aromatic heterocycles. The van der Waals surface area contributed by atoms with Crippen LogP contribution in [0.4, 0.5) is 0 Å². The Labute approximate surface area is 134 Å². The maximum atomic E-state index is 12.7. The maximum absolute atomic E-state index is 12.7. The van der Waals surface area contributed by atoms with Crippen molar-refractivity contribution in [1.82, 2.24) is 19.0 Å². The molecule has 0 aliphatic heterocycles. The van der Waals surface area contributed by atoms with Gasteiger partial charge in [-0.25, -0.2) is 8.42 Å². The van der Waals surface area contributed by atoms with Gasteiger partial charge in [-0.05, 0) is 33.7 Å². The minimum absolute atomic E-state index is 0.320. The van der Waals surface area contributed by atoms with Crippen molar-refractivity contribution in [2.45, 2.75) is 57.0 Å². The van der Waals surface area contributed by atoms with Gasteiger partial charge in [-0.1, -0.05) is 12.8 Å². The molecule has 22 heavy (non-hydrogen) atoms. The number of sulfonamides is 1. The fourth-order valence-electron chi connectivity index (χ4n) is 3.12. The monoisotopic (exact) mass is 328 g/mol. The highest BCUT2D eigenvalue weighted by Gasteiger charge is 2.26. The second-order valence-corrected chi connectivity index (χ2v) is 8.17. The van der Waals surface area contributed by atoms with E-state index in [0.29, 0.717) is 29.7 Å². The van der Waals surface area contributed by atoms with Crippen molar-refractivity contribution in [3.05, 3.63) is 11.9 Å². The van der Waals surface area contributed by atoms with Gasteiger partial charge in [0, 0.05) is 32.7 Å². The van der Waals surface area contributed by atoms with E-state index in [1.807, 2.05) is 13.8 Å². The van der Waals surface area contributed by atoms with Crippen LogP contribution in [0.2, 0.25) is 0 Å². The number of hydrogen-bond donors (Lipinski definition) is 0. The normalized spacial score (nSPS) is 17.0. The van der Waals surface area contributed by atoms with Crippen LogP contribution < -0.4 is 0 Å². The first kappa shape index (κ1) is 17.4. The summed E-state index contributed by atoms with van der Waals surface area (Å²) in [5.74, 6) is 0. The summed E-state index contributed by atoms with van der Waals surface area (Å²) in [6, 6.07) is 0.612. The highest BCUT2D eigenvalue weighted by molar-refractivity contribution is 7.89. The summed E-state index contributed by atoms with van der Waals surface area (Å²) < 4.78 is 28.5. The van der Waals surface area contributed by atoms with Gasteiger partial charge in [-0.2, -0.15) is 9.40 Å². The molecule has 1 aliphatic carbocycles. The van der Waals surface area contributed by atoms with Crippen LogP contribution in [0.5, 0.6) is 0 Å². The van der Waals surface area contributed by atoms with Crippen LogP contribution in [0.25, 0.3) is 0 Å². The summed E-state index contributed by atoms with van der Waals surface area (Å²) in [6.45, 7) is 5.71. The van der Waals surface area contributed by atoms with Gasteiger partial charge in [0.1, 0.15) is 4.90 Å². The quantitative estimate of drug-likeness (QED) is 0.764. The molecule has 1 fully saturated rings. The molecule has 7 heteroatoms. The van der Waals surface area contributed by atoms with E-state index < -0.39 is 10.0 Å². The highest BCUT2D eigenvalue weighted by atomic mass is 32.2. The number of rotatable bonds is 7. The number of nitrogens with zero attached hydrogens (tertiary/aromatic N) is 4. The predicted octanol–water partition coefficient (Wildman–Crippen LogP) is 1.71. The molecule has 0 unspecified atom stereocenters. The lowest BCUT2D eigenvalue weighted by Crippen LogP contribution is -2.38. The van der Waals surface area contributed by atoms with Crippen molar-refractivity contribution in [3.8, 4) is 0 Å². The first-order chi connectivity index (χ1) is 10.4. The third-order valence-electron chi connectivity index (χ3n) is 4.76. The Balaban J connectivity index is 2.00. The minimum Gasteiger partial charge on any atom is -0.302 e. The summed E-state index contributed by atoms with van der Waals surface area (Å²) in [5.41, 5.74) is 0.707. The smallest absolute Gasteiger partial charge is 0.246 e. The second-order valence-electron chi connectivity index (χ2n) is 6.16. The molecule has 1 saturated carbocycles. The molecule has 0 radical (unpaired) electrons. The Bertz CT molecular complexity index is 591. The van der Waals surface area contributed by atoms with E-state index in [1.54, 1.807) is 11.7 Å². The van der Waals surface area contributed by atoms with E-state index in [9.17, 15) is 8.42 Å². The van der Waals surface area contributed by atoms with Gasteiger partial charge in [-0.15, -0.1) is 0 Å².